The monoisotopic (exact) mass is 295 g/mol. The first-order chi connectivity index (χ1) is 10.3. The van der Waals surface area contributed by atoms with Crippen molar-refractivity contribution in [3.05, 3.63) is 12.7 Å². The third-order valence-electron chi connectivity index (χ3n) is 5.10. The number of likely N-dealkylation sites (tertiary alicyclic amines) is 1. The molecule has 0 N–H and O–H groups in total. The van der Waals surface area contributed by atoms with E-state index >= 15 is 0 Å². The van der Waals surface area contributed by atoms with E-state index in [0.717, 1.165) is 38.7 Å². The molecule has 1 spiro atoms. The van der Waals surface area contributed by atoms with Crippen molar-refractivity contribution in [2.24, 2.45) is 5.92 Å². The summed E-state index contributed by atoms with van der Waals surface area (Å²) in [5.41, 5.74) is 0.0508. The van der Waals surface area contributed by atoms with E-state index in [-0.39, 0.29) is 11.7 Å². The standard InChI is InChI=1S/C17H29NO3/c1-2-8-20-16-11-17(21-13-16)6-3-7-18(14-17)12-15-4-9-19-10-5-15/h2,15-16H,1,3-14H2/t16-,17+/m0/s1. The van der Waals surface area contributed by atoms with E-state index < -0.39 is 0 Å². The van der Waals surface area contributed by atoms with Crippen molar-refractivity contribution in [3.63, 3.8) is 0 Å². The molecule has 0 aliphatic carbocycles. The lowest BCUT2D eigenvalue weighted by Crippen LogP contribution is -2.49. The van der Waals surface area contributed by atoms with Crippen LogP contribution in [0, 0.1) is 5.92 Å². The van der Waals surface area contributed by atoms with Gasteiger partial charge in [0.25, 0.3) is 0 Å². The summed E-state index contributed by atoms with van der Waals surface area (Å²) in [7, 11) is 0. The Morgan fingerprint density at radius 3 is 3.00 bits per heavy atom. The minimum atomic E-state index is 0.0508. The van der Waals surface area contributed by atoms with Crippen molar-refractivity contribution in [3.8, 4) is 0 Å². The van der Waals surface area contributed by atoms with Gasteiger partial charge in [-0.3, -0.25) is 0 Å². The number of piperidine rings is 1. The van der Waals surface area contributed by atoms with Crippen LogP contribution in [0.4, 0.5) is 0 Å². The highest BCUT2D eigenvalue weighted by molar-refractivity contribution is 4.96. The molecule has 0 amide bonds. The average Bonchev–Trinajstić information content (AvgIpc) is 2.89. The number of rotatable bonds is 5. The largest absolute Gasteiger partial charge is 0.381 e. The molecule has 3 aliphatic rings. The van der Waals surface area contributed by atoms with Gasteiger partial charge in [-0.05, 0) is 38.1 Å². The van der Waals surface area contributed by atoms with Crippen molar-refractivity contribution < 1.29 is 14.2 Å². The van der Waals surface area contributed by atoms with Crippen LogP contribution in [0.5, 0.6) is 0 Å². The molecule has 0 aromatic heterocycles. The van der Waals surface area contributed by atoms with Crippen LogP contribution < -0.4 is 0 Å². The molecule has 21 heavy (non-hydrogen) atoms. The normalized spacial score (nSPS) is 35.3. The summed E-state index contributed by atoms with van der Waals surface area (Å²) in [5, 5.41) is 0. The van der Waals surface area contributed by atoms with Crippen LogP contribution in [-0.4, -0.2) is 62.7 Å². The molecule has 3 aliphatic heterocycles. The van der Waals surface area contributed by atoms with E-state index in [1.165, 1.54) is 38.8 Å². The molecule has 0 radical (unpaired) electrons. The smallest absolute Gasteiger partial charge is 0.0841 e. The van der Waals surface area contributed by atoms with Crippen molar-refractivity contribution in [1.29, 1.82) is 0 Å². The molecule has 0 bridgehead atoms. The third kappa shape index (κ3) is 4.07. The van der Waals surface area contributed by atoms with Crippen molar-refractivity contribution in [2.75, 3.05) is 46.1 Å². The zero-order chi connectivity index (χ0) is 14.5. The second kappa shape index (κ2) is 7.23. The highest BCUT2D eigenvalue weighted by atomic mass is 16.6. The Bertz CT molecular complexity index is 343. The maximum absolute atomic E-state index is 6.18. The zero-order valence-corrected chi connectivity index (χ0v) is 13.1. The Labute approximate surface area is 128 Å². The van der Waals surface area contributed by atoms with Gasteiger partial charge >= 0.3 is 0 Å². The van der Waals surface area contributed by atoms with Crippen LogP contribution in [0.1, 0.15) is 32.1 Å². The fraction of sp³-hybridized carbons (Fsp3) is 0.882. The molecule has 3 fully saturated rings. The van der Waals surface area contributed by atoms with Crippen LogP contribution in [0.2, 0.25) is 0 Å². The van der Waals surface area contributed by atoms with Gasteiger partial charge in [0, 0.05) is 32.7 Å². The van der Waals surface area contributed by atoms with Crippen LogP contribution in [0.15, 0.2) is 12.7 Å². The highest BCUT2D eigenvalue weighted by Crippen LogP contribution is 2.36. The Balaban J connectivity index is 1.49. The predicted molar refractivity (Wildman–Crippen MR) is 82.5 cm³/mol. The van der Waals surface area contributed by atoms with E-state index in [4.69, 9.17) is 14.2 Å². The summed E-state index contributed by atoms with van der Waals surface area (Å²) < 4.78 is 17.4. The van der Waals surface area contributed by atoms with Crippen molar-refractivity contribution in [2.45, 2.75) is 43.8 Å². The summed E-state index contributed by atoms with van der Waals surface area (Å²) in [6.45, 7) is 10.5. The molecule has 0 aromatic carbocycles. The van der Waals surface area contributed by atoms with E-state index in [9.17, 15) is 0 Å². The van der Waals surface area contributed by atoms with E-state index in [2.05, 4.69) is 11.5 Å². The van der Waals surface area contributed by atoms with Gasteiger partial charge in [-0.1, -0.05) is 6.08 Å². The number of hydrogen-bond donors (Lipinski definition) is 0. The van der Waals surface area contributed by atoms with Crippen LogP contribution in [0.25, 0.3) is 0 Å². The predicted octanol–water partition coefficient (Wildman–Crippen LogP) is 2.24. The lowest BCUT2D eigenvalue weighted by molar-refractivity contribution is -0.0589. The molecule has 0 saturated carbocycles. The van der Waals surface area contributed by atoms with Gasteiger partial charge in [0.1, 0.15) is 0 Å². The molecule has 3 rings (SSSR count). The average molecular weight is 295 g/mol. The van der Waals surface area contributed by atoms with Crippen molar-refractivity contribution >= 4 is 0 Å². The maximum Gasteiger partial charge on any atom is 0.0841 e. The Kier molecular flexibility index (Phi) is 5.33. The molecule has 2 atom stereocenters. The summed E-state index contributed by atoms with van der Waals surface area (Å²) in [6, 6.07) is 0. The summed E-state index contributed by atoms with van der Waals surface area (Å²) >= 11 is 0. The van der Waals surface area contributed by atoms with Gasteiger partial charge in [0.2, 0.25) is 0 Å². The summed E-state index contributed by atoms with van der Waals surface area (Å²) in [6.07, 6.45) is 7.99. The van der Waals surface area contributed by atoms with E-state index in [1.807, 2.05) is 6.08 Å². The Morgan fingerprint density at radius 1 is 1.33 bits per heavy atom. The number of ether oxygens (including phenoxy) is 3. The van der Waals surface area contributed by atoms with Gasteiger partial charge in [-0.25, -0.2) is 0 Å². The molecule has 3 heterocycles. The second-order valence-electron chi connectivity index (χ2n) is 6.84. The lowest BCUT2D eigenvalue weighted by atomic mass is 9.88. The molecule has 3 saturated heterocycles. The molecule has 0 aromatic rings. The Hall–Kier alpha value is -0.420. The van der Waals surface area contributed by atoms with E-state index in [0.29, 0.717) is 6.61 Å². The fourth-order valence-electron chi connectivity index (χ4n) is 4.04. The molecular formula is C17H29NO3. The van der Waals surface area contributed by atoms with Gasteiger partial charge < -0.3 is 19.1 Å². The SMILES string of the molecule is C=CCO[C@@H]1CO[C@]2(CCCN(CC3CCOCC3)C2)C1. The molecular weight excluding hydrogens is 266 g/mol. The highest BCUT2D eigenvalue weighted by Gasteiger charge is 2.44. The zero-order valence-electron chi connectivity index (χ0n) is 13.1. The molecule has 4 nitrogen and oxygen atoms in total. The first-order valence-electron chi connectivity index (χ1n) is 8.46. The van der Waals surface area contributed by atoms with Crippen LogP contribution >= 0.6 is 0 Å². The third-order valence-corrected chi connectivity index (χ3v) is 5.10. The molecule has 4 heteroatoms. The molecule has 120 valence electrons. The first-order valence-corrected chi connectivity index (χ1v) is 8.46. The van der Waals surface area contributed by atoms with Crippen LogP contribution in [0.3, 0.4) is 0 Å². The van der Waals surface area contributed by atoms with Gasteiger partial charge in [0.05, 0.1) is 24.9 Å². The second-order valence-corrected chi connectivity index (χ2v) is 6.84. The van der Waals surface area contributed by atoms with Gasteiger partial charge in [-0.2, -0.15) is 0 Å². The van der Waals surface area contributed by atoms with Crippen LogP contribution in [-0.2, 0) is 14.2 Å². The van der Waals surface area contributed by atoms with Gasteiger partial charge in [0.15, 0.2) is 0 Å². The number of nitrogens with zero attached hydrogens (tertiary/aromatic N) is 1. The first kappa shape index (κ1) is 15.5. The van der Waals surface area contributed by atoms with Gasteiger partial charge in [-0.15, -0.1) is 6.58 Å². The minimum Gasteiger partial charge on any atom is -0.381 e. The lowest BCUT2D eigenvalue weighted by Gasteiger charge is -2.41. The fourth-order valence-corrected chi connectivity index (χ4v) is 4.04. The maximum atomic E-state index is 6.18. The van der Waals surface area contributed by atoms with Crippen molar-refractivity contribution in [1.82, 2.24) is 4.90 Å². The minimum absolute atomic E-state index is 0.0508. The quantitative estimate of drug-likeness (QED) is 0.728. The summed E-state index contributed by atoms with van der Waals surface area (Å²) in [5.74, 6) is 0.808. The Morgan fingerprint density at radius 2 is 2.19 bits per heavy atom. The topological polar surface area (TPSA) is 30.9 Å². The summed E-state index contributed by atoms with van der Waals surface area (Å²) in [4.78, 5) is 2.62. The molecule has 0 unspecified atom stereocenters. The van der Waals surface area contributed by atoms with E-state index in [1.54, 1.807) is 0 Å². The number of hydrogen-bond acceptors (Lipinski definition) is 4.